The van der Waals surface area contributed by atoms with Gasteiger partial charge in [0, 0.05) is 29.6 Å². The minimum absolute atomic E-state index is 0.0801. The van der Waals surface area contributed by atoms with E-state index in [9.17, 15) is 13.9 Å². The summed E-state index contributed by atoms with van der Waals surface area (Å²) in [4.78, 5) is 6.99. The number of piperidine rings is 1. The SMILES string of the molecule is COc1ccc2nccc([C@@H](F)CC[C@@H]3CCN(CCCSc4cc(F)ccc4F)C[C@@H]3CO)c2c1. The standard InChI is InChI=1S/C28H33F3N2O2S/c1-35-22-5-8-27-24(16-22)23(9-11-32-27)25(30)6-3-19-10-13-33(17-20(19)18-34)12-2-14-36-28-15-21(29)4-7-26(28)31/h4-5,7-9,11,15-16,19-20,25,34H,2-3,6,10,12-14,17-18H2,1H3/t19-,20-,25+/m1/s1. The molecular weight excluding hydrogens is 485 g/mol. The van der Waals surface area contributed by atoms with E-state index in [4.69, 9.17) is 4.74 Å². The van der Waals surface area contributed by atoms with E-state index in [1.165, 1.54) is 17.8 Å². The number of halogens is 3. The summed E-state index contributed by atoms with van der Waals surface area (Å²) < 4.78 is 47.8. The fourth-order valence-electron chi connectivity index (χ4n) is 5.07. The molecule has 4 rings (SSSR count). The molecule has 2 aromatic carbocycles. The molecule has 2 heterocycles. The predicted molar refractivity (Wildman–Crippen MR) is 138 cm³/mol. The van der Waals surface area contributed by atoms with Crippen molar-refractivity contribution in [1.82, 2.24) is 9.88 Å². The average Bonchev–Trinajstić information content (AvgIpc) is 2.91. The van der Waals surface area contributed by atoms with Gasteiger partial charge in [0.1, 0.15) is 23.6 Å². The summed E-state index contributed by atoms with van der Waals surface area (Å²) in [6.07, 6.45) is 3.39. The van der Waals surface area contributed by atoms with Crippen LogP contribution in [0, 0.1) is 23.5 Å². The van der Waals surface area contributed by atoms with Crippen LogP contribution in [-0.2, 0) is 0 Å². The van der Waals surface area contributed by atoms with Crippen LogP contribution < -0.4 is 4.74 Å². The van der Waals surface area contributed by atoms with Gasteiger partial charge in [-0.3, -0.25) is 4.98 Å². The highest BCUT2D eigenvalue weighted by molar-refractivity contribution is 7.99. The molecule has 1 fully saturated rings. The number of hydrogen-bond donors (Lipinski definition) is 1. The molecule has 1 aliphatic rings. The van der Waals surface area contributed by atoms with Crippen LogP contribution in [0.3, 0.4) is 0 Å². The number of pyridine rings is 1. The number of ether oxygens (including phenoxy) is 1. The zero-order chi connectivity index (χ0) is 25.5. The maximum Gasteiger partial charge on any atom is 0.136 e. The van der Waals surface area contributed by atoms with Crippen molar-refractivity contribution in [2.75, 3.05) is 39.1 Å². The lowest BCUT2D eigenvalue weighted by molar-refractivity contribution is 0.0640. The Hall–Kier alpha value is -2.29. The van der Waals surface area contributed by atoms with E-state index in [1.807, 2.05) is 18.2 Å². The highest BCUT2D eigenvalue weighted by atomic mass is 32.2. The zero-order valence-electron chi connectivity index (χ0n) is 20.5. The molecular formula is C28H33F3N2O2S. The van der Waals surface area contributed by atoms with Crippen LogP contribution in [0.4, 0.5) is 13.2 Å². The first kappa shape index (κ1) is 26.8. The molecule has 36 heavy (non-hydrogen) atoms. The summed E-state index contributed by atoms with van der Waals surface area (Å²) in [7, 11) is 1.59. The molecule has 3 atom stereocenters. The quantitative estimate of drug-likeness (QED) is 0.234. The fourth-order valence-corrected chi connectivity index (χ4v) is 5.96. The number of alkyl halides is 1. The number of benzene rings is 2. The Morgan fingerprint density at radius 1 is 1.17 bits per heavy atom. The summed E-state index contributed by atoms with van der Waals surface area (Å²) in [6, 6.07) is 10.8. The van der Waals surface area contributed by atoms with Gasteiger partial charge in [0.2, 0.25) is 0 Å². The number of nitrogens with zero attached hydrogens (tertiary/aromatic N) is 2. The first-order chi connectivity index (χ1) is 17.5. The third-order valence-corrected chi connectivity index (χ3v) is 8.21. The Labute approximate surface area is 214 Å². The van der Waals surface area contributed by atoms with Gasteiger partial charge in [0.15, 0.2) is 0 Å². The Kier molecular flexibility index (Phi) is 9.51. The van der Waals surface area contributed by atoms with E-state index in [2.05, 4.69) is 9.88 Å². The molecule has 0 bridgehead atoms. The number of methoxy groups -OCH3 is 1. The Morgan fingerprint density at radius 2 is 2.03 bits per heavy atom. The summed E-state index contributed by atoms with van der Waals surface area (Å²) in [5.41, 5.74) is 1.37. The zero-order valence-corrected chi connectivity index (χ0v) is 21.3. The molecule has 0 amide bonds. The van der Waals surface area contributed by atoms with Gasteiger partial charge in [-0.1, -0.05) is 0 Å². The minimum Gasteiger partial charge on any atom is -0.497 e. The second-order valence-electron chi connectivity index (χ2n) is 9.40. The average molecular weight is 519 g/mol. The van der Waals surface area contributed by atoms with Gasteiger partial charge in [-0.2, -0.15) is 0 Å². The molecule has 0 saturated carbocycles. The predicted octanol–water partition coefficient (Wildman–Crippen LogP) is 6.43. The maximum absolute atomic E-state index is 15.4. The largest absolute Gasteiger partial charge is 0.497 e. The molecule has 1 aliphatic heterocycles. The van der Waals surface area contributed by atoms with Gasteiger partial charge in [-0.25, -0.2) is 13.2 Å². The third-order valence-electron chi connectivity index (χ3n) is 7.09. The molecule has 1 N–H and O–H groups in total. The van der Waals surface area contributed by atoms with Crippen molar-refractivity contribution in [1.29, 1.82) is 0 Å². The Bertz CT molecular complexity index is 1150. The highest BCUT2D eigenvalue weighted by Gasteiger charge is 2.29. The van der Waals surface area contributed by atoms with Gasteiger partial charge in [0.25, 0.3) is 0 Å². The van der Waals surface area contributed by atoms with E-state index >= 15 is 4.39 Å². The van der Waals surface area contributed by atoms with Gasteiger partial charge in [-0.05, 0) is 104 Å². The number of thioether (sulfide) groups is 1. The van der Waals surface area contributed by atoms with Gasteiger partial charge in [-0.15, -0.1) is 11.8 Å². The molecule has 0 aliphatic carbocycles. The number of likely N-dealkylation sites (tertiary alicyclic amines) is 1. The molecule has 194 valence electrons. The van der Waals surface area contributed by atoms with Crippen LogP contribution in [0.1, 0.15) is 37.4 Å². The van der Waals surface area contributed by atoms with E-state index < -0.39 is 17.8 Å². The molecule has 4 nitrogen and oxygen atoms in total. The number of aromatic nitrogens is 1. The molecule has 8 heteroatoms. The number of hydrogen-bond acceptors (Lipinski definition) is 5. The molecule has 1 aromatic heterocycles. The van der Waals surface area contributed by atoms with Crippen molar-refractivity contribution in [3.63, 3.8) is 0 Å². The maximum atomic E-state index is 15.4. The highest BCUT2D eigenvalue weighted by Crippen LogP contribution is 2.35. The third kappa shape index (κ3) is 6.72. The topological polar surface area (TPSA) is 45.6 Å². The van der Waals surface area contributed by atoms with Crippen LogP contribution >= 0.6 is 11.8 Å². The number of aliphatic hydroxyl groups is 1. The summed E-state index contributed by atoms with van der Waals surface area (Å²) >= 11 is 1.32. The van der Waals surface area contributed by atoms with Crippen LogP contribution in [0.15, 0.2) is 53.6 Å². The number of aliphatic hydroxyl groups excluding tert-OH is 1. The van der Waals surface area contributed by atoms with Crippen LogP contribution in [0.5, 0.6) is 5.75 Å². The smallest absolute Gasteiger partial charge is 0.136 e. The van der Waals surface area contributed by atoms with E-state index in [0.29, 0.717) is 34.8 Å². The lowest BCUT2D eigenvalue weighted by atomic mass is 9.81. The lowest BCUT2D eigenvalue weighted by Gasteiger charge is -2.38. The Balaban J connectivity index is 1.26. The lowest BCUT2D eigenvalue weighted by Crippen LogP contribution is -2.42. The van der Waals surface area contributed by atoms with Crippen molar-refractivity contribution >= 4 is 22.7 Å². The van der Waals surface area contributed by atoms with Crippen molar-refractivity contribution in [3.8, 4) is 5.75 Å². The number of rotatable bonds is 11. The van der Waals surface area contributed by atoms with Crippen molar-refractivity contribution in [2.45, 2.75) is 36.8 Å². The first-order valence-corrected chi connectivity index (χ1v) is 13.4. The molecule has 0 radical (unpaired) electrons. The summed E-state index contributed by atoms with van der Waals surface area (Å²) in [5, 5.41) is 10.8. The second kappa shape index (κ2) is 12.8. The van der Waals surface area contributed by atoms with E-state index in [-0.39, 0.29) is 18.4 Å². The van der Waals surface area contributed by atoms with Crippen molar-refractivity contribution in [3.05, 3.63) is 65.9 Å². The van der Waals surface area contributed by atoms with Gasteiger partial charge in [0.05, 0.1) is 12.6 Å². The summed E-state index contributed by atoms with van der Waals surface area (Å²) in [6.45, 7) is 2.58. The van der Waals surface area contributed by atoms with Crippen LogP contribution in [0.2, 0.25) is 0 Å². The molecule has 3 aromatic rings. The summed E-state index contributed by atoms with van der Waals surface area (Å²) in [5.74, 6) is 0.914. The molecule has 0 unspecified atom stereocenters. The fraction of sp³-hybridized carbons (Fsp3) is 0.464. The molecule has 1 saturated heterocycles. The number of fused-ring (bicyclic) bond motifs is 1. The normalized spacial score (nSPS) is 19.5. The van der Waals surface area contributed by atoms with E-state index in [1.54, 1.807) is 19.4 Å². The van der Waals surface area contributed by atoms with Gasteiger partial charge >= 0.3 is 0 Å². The minimum atomic E-state index is -1.11. The molecule has 0 spiro atoms. The van der Waals surface area contributed by atoms with Crippen LogP contribution in [-0.4, -0.2) is 54.1 Å². The van der Waals surface area contributed by atoms with Crippen molar-refractivity contribution < 1.29 is 23.0 Å². The van der Waals surface area contributed by atoms with Crippen molar-refractivity contribution in [2.24, 2.45) is 11.8 Å². The van der Waals surface area contributed by atoms with Gasteiger partial charge < -0.3 is 14.7 Å². The first-order valence-electron chi connectivity index (χ1n) is 12.5. The van der Waals surface area contributed by atoms with Crippen LogP contribution in [0.25, 0.3) is 10.9 Å². The Morgan fingerprint density at radius 3 is 2.83 bits per heavy atom. The monoisotopic (exact) mass is 518 g/mol. The second-order valence-corrected chi connectivity index (χ2v) is 10.5. The van der Waals surface area contributed by atoms with E-state index in [0.717, 1.165) is 55.5 Å².